The van der Waals surface area contributed by atoms with Crippen molar-refractivity contribution in [3.05, 3.63) is 57.5 Å². The van der Waals surface area contributed by atoms with E-state index >= 15 is 17.6 Å². The first-order valence-electron chi connectivity index (χ1n) is 21.4. The van der Waals surface area contributed by atoms with Gasteiger partial charge in [0.15, 0.2) is 24.1 Å². The summed E-state index contributed by atoms with van der Waals surface area (Å²) in [4.78, 5) is 55.2. The van der Waals surface area contributed by atoms with Gasteiger partial charge in [0.2, 0.25) is 23.5 Å². The van der Waals surface area contributed by atoms with E-state index in [0.717, 1.165) is 37.4 Å². The highest BCUT2D eigenvalue weighted by atomic mass is 35.5. The molecule has 3 saturated heterocycles. The van der Waals surface area contributed by atoms with Crippen LogP contribution in [-0.4, -0.2) is 105 Å². The highest BCUT2D eigenvalue weighted by molar-refractivity contribution is 6.33. The number of amides is 2. The second-order valence-electron chi connectivity index (χ2n) is 17.4. The molecule has 5 aliphatic rings. The number of ether oxygens (including phenoxy) is 1. The fraction of sp³-hybridized carbons (Fsp3) is 0.488. The van der Waals surface area contributed by atoms with Crippen LogP contribution >= 0.6 is 11.6 Å². The molecule has 0 unspecified atom stereocenters. The molecule has 2 N–H and O–H groups in total. The van der Waals surface area contributed by atoms with E-state index in [9.17, 15) is 14.4 Å². The molecule has 5 aromatic rings. The standard InChI is InChI=1S/C43H46ClF4N11O4/c1-54-31-19-28(45)29(18-26(31)35-37(41(54)62)63-22-43(47,48)38(51-35)24-6-7-24)50-39-27(44)20-49-42(52-39)58-12-10-23(11-13-58)21-56-14-16-57(17-15-56)30-9-8-25-36(34(30)46)55(2)53-40(25)59-32(60)4-3-5-33(59)61/h8-9,18-20,23-24,38,51H,3-7,10-17,21-22H2,1-2H3,(H,49,50,52)/t38-/m0/s1. The Balaban J connectivity index is 0.784. The summed E-state index contributed by atoms with van der Waals surface area (Å²) >= 11 is 6.55. The van der Waals surface area contributed by atoms with Gasteiger partial charge < -0.3 is 29.7 Å². The number of piperazine rings is 1. The van der Waals surface area contributed by atoms with Crippen LogP contribution in [0.5, 0.6) is 5.75 Å². The van der Waals surface area contributed by atoms with Crippen LogP contribution in [0.3, 0.4) is 0 Å². The van der Waals surface area contributed by atoms with Gasteiger partial charge in [-0.05, 0) is 62.1 Å². The molecule has 63 heavy (non-hydrogen) atoms. The number of fused-ring (bicyclic) bond motifs is 4. The van der Waals surface area contributed by atoms with Gasteiger partial charge >= 0.3 is 5.92 Å². The second-order valence-corrected chi connectivity index (χ2v) is 17.8. The first kappa shape index (κ1) is 41.3. The zero-order chi connectivity index (χ0) is 43.9. The number of pyridine rings is 1. The minimum absolute atomic E-state index is 0.0212. The lowest BCUT2D eigenvalue weighted by atomic mass is 9.96. The maximum atomic E-state index is 16.1. The van der Waals surface area contributed by atoms with Crippen LogP contribution < -0.4 is 35.6 Å². The minimum Gasteiger partial charge on any atom is -0.480 e. The number of anilines is 6. The number of nitrogens with one attached hydrogen (secondary N) is 2. The van der Waals surface area contributed by atoms with Crippen molar-refractivity contribution in [3.63, 3.8) is 0 Å². The average molecular weight is 892 g/mol. The van der Waals surface area contributed by atoms with E-state index in [1.165, 1.54) is 34.6 Å². The number of rotatable bonds is 8. The van der Waals surface area contributed by atoms with Crippen molar-refractivity contribution in [3.8, 4) is 5.75 Å². The molecule has 4 aliphatic heterocycles. The smallest absolute Gasteiger partial charge is 0.301 e. The zero-order valence-corrected chi connectivity index (χ0v) is 35.5. The van der Waals surface area contributed by atoms with Crippen LogP contribution in [0.25, 0.3) is 21.8 Å². The van der Waals surface area contributed by atoms with E-state index in [1.54, 1.807) is 19.2 Å². The van der Waals surface area contributed by atoms with Gasteiger partial charge in [-0.3, -0.25) is 24.0 Å². The van der Waals surface area contributed by atoms with Crippen molar-refractivity contribution in [1.29, 1.82) is 0 Å². The number of carbonyl (C=O) groups excluding carboxylic acids is 2. The van der Waals surface area contributed by atoms with E-state index in [1.807, 2.05) is 4.90 Å². The molecule has 1 atom stereocenters. The number of hydrogen-bond acceptors (Lipinski definition) is 12. The number of carbonyl (C=O) groups is 2. The van der Waals surface area contributed by atoms with Crippen LogP contribution in [0.1, 0.15) is 44.9 Å². The normalized spacial score (nSPS) is 21.1. The molecule has 0 bridgehead atoms. The van der Waals surface area contributed by atoms with Gasteiger partial charge in [0.25, 0.3) is 5.56 Å². The molecule has 10 rings (SSSR count). The van der Waals surface area contributed by atoms with Gasteiger partial charge in [0, 0.05) is 89.6 Å². The van der Waals surface area contributed by atoms with Gasteiger partial charge in [0.1, 0.15) is 16.4 Å². The molecular formula is C43H46ClF4N11O4. The SMILES string of the molecule is Cn1nc(N2C(=O)CCCC2=O)c2ccc(N3CCN(CC4CCN(c5ncc(Cl)c(Nc6cc7c8c(c(=O)n(C)c7cc6F)OCC(F)(F)[C@H](C6CC6)N8)n5)CC4)CC3)c(F)c21. The predicted molar refractivity (Wildman–Crippen MR) is 231 cm³/mol. The zero-order valence-electron chi connectivity index (χ0n) is 34.8. The lowest BCUT2D eigenvalue weighted by Gasteiger charge is -2.39. The minimum atomic E-state index is -3.22. The molecule has 0 radical (unpaired) electrons. The van der Waals surface area contributed by atoms with Gasteiger partial charge in [0.05, 0.1) is 34.8 Å². The van der Waals surface area contributed by atoms with Crippen molar-refractivity contribution in [1.82, 2.24) is 29.2 Å². The van der Waals surface area contributed by atoms with Crippen molar-refractivity contribution >= 4 is 79.9 Å². The van der Waals surface area contributed by atoms with Crippen molar-refractivity contribution in [2.45, 2.75) is 56.9 Å². The summed E-state index contributed by atoms with van der Waals surface area (Å²) in [6.07, 6.45) is 5.48. The Bertz CT molecular complexity index is 2710. The Hall–Kier alpha value is -5.69. The van der Waals surface area contributed by atoms with Crippen LogP contribution in [0.2, 0.25) is 5.02 Å². The van der Waals surface area contributed by atoms with Crippen LogP contribution in [-0.2, 0) is 23.7 Å². The van der Waals surface area contributed by atoms with Gasteiger partial charge in [-0.15, -0.1) is 0 Å². The van der Waals surface area contributed by atoms with E-state index in [-0.39, 0.29) is 75.4 Å². The monoisotopic (exact) mass is 891 g/mol. The molecule has 4 fully saturated rings. The number of piperidine rings is 2. The summed E-state index contributed by atoms with van der Waals surface area (Å²) in [6, 6.07) is 4.85. The summed E-state index contributed by atoms with van der Waals surface area (Å²) in [5, 5.41) is 11.2. The number of hydrogen-bond donors (Lipinski definition) is 2. The molecule has 2 aromatic carbocycles. The summed E-state index contributed by atoms with van der Waals surface area (Å²) < 4.78 is 70.3. The summed E-state index contributed by atoms with van der Waals surface area (Å²) in [6.45, 7) is 4.06. The maximum absolute atomic E-state index is 16.1. The van der Waals surface area contributed by atoms with Crippen LogP contribution in [0.4, 0.5) is 52.2 Å². The molecule has 0 spiro atoms. The van der Waals surface area contributed by atoms with Crippen molar-refractivity contribution < 1.29 is 31.9 Å². The Morgan fingerprint density at radius 1 is 0.937 bits per heavy atom. The first-order chi connectivity index (χ1) is 30.3. The molecule has 1 aliphatic carbocycles. The fourth-order valence-corrected chi connectivity index (χ4v) is 9.73. The van der Waals surface area contributed by atoms with E-state index in [0.29, 0.717) is 73.8 Å². The molecular weight excluding hydrogens is 846 g/mol. The summed E-state index contributed by atoms with van der Waals surface area (Å²) in [5.74, 6) is -4.33. The number of imide groups is 1. The Morgan fingerprint density at radius 3 is 2.38 bits per heavy atom. The molecule has 2 amide bonds. The number of alkyl halides is 2. The van der Waals surface area contributed by atoms with E-state index in [4.69, 9.17) is 16.3 Å². The number of nitrogens with zero attached hydrogens (tertiary/aromatic N) is 9. The summed E-state index contributed by atoms with van der Waals surface area (Å²) in [7, 11) is 3.06. The summed E-state index contributed by atoms with van der Waals surface area (Å²) in [5.41, 5.74) is 0.351. The van der Waals surface area contributed by atoms with Gasteiger partial charge in [-0.1, -0.05) is 11.6 Å². The highest BCUT2D eigenvalue weighted by Gasteiger charge is 2.51. The number of halogens is 5. The Kier molecular flexibility index (Phi) is 10.4. The van der Waals surface area contributed by atoms with Gasteiger partial charge in [-0.25, -0.2) is 27.4 Å². The molecule has 1 saturated carbocycles. The van der Waals surface area contributed by atoms with Crippen molar-refractivity contribution in [2.75, 3.05) is 77.8 Å². The van der Waals surface area contributed by atoms with Crippen molar-refractivity contribution in [2.24, 2.45) is 25.9 Å². The fourth-order valence-electron chi connectivity index (χ4n) is 9.59. The van der Waals surface area contributed by atoms with Gasteiger partial charge in [-0.2, -0.15) is 10.1 Å². The lowest BCUT2D eigenvalue weighted by Crippen LogP contribution is -2.49. The maximum Gasteiger partial charge on any atom is 0.301 e. The number of aryl methyl sites for hydroxylation is 2. The van der Waals surface area contributed by atoms with E-state index in [2.05, 4.69) is 35.5 Å². The number of benzene rings is 2. The Morgan fingerprint density at radius 2 is 1.67 bits per heavy atom. The molecule has 15 nitrogen and oxygen atoms in total. The molecule has 7 heterocycles. The second kappa shape index (κ2) is 15.8. The average Bonchev–Trinajstić information content (AvgIpc) is 4.06. The van der Waals surface area contributed by atoms with Crippen LogP contribution in [0, 0.1) is 23.5 Å². The third kappa shape index (κ3) is 7.45. The topological polar surface area (TPSA) is 146 Å². The molecule has 332 valence electrons. The largest absolute Gasteiger partial charge is 0.480 e. The third-order valence-corrected chi connectivity index (χ3v) is 13.5. The predicted octanol–water partition coefficient (Wildman–Crippen LogP) is 6.19. The Labute approximate surface area is 363 Å². The lowest BCUT2D eigenvalue weighted by molar-refractivity contribution is -0.129. The quantitative estimate of drug-likeness (QED) is 0.135. The third-order valence-electron chi connectivity index (χ3n) is 13.2. The van der Waals surface area contributed by atoms with Crippen LogP contribution in [0.15, 0.2) is 35.3 Å². The molecule has 20 heteroatoms. The highest BCUT2D eigenvalue weighted by Crippen LogP contribution is 2.46. The van der Waals surface area contributed by atoms with E-state index < -0.39 is 35.8 Å². The first-order valence-corrected chi connectivity index (χ1v) is 21.8. The number of aromatic nitrogens is 5. The molecule has 3 aromatic heterocycles.